The van der Waals surface area contributed by atoms with Crippen LogP contribution in [0.5, 0.6) is 11.5 Å². The van der Waals surface area contributed by atoms with Gasteiger partial charge >= 0.3 is 23.9 Å². The van der Waals surface area contributed by atoms with Gasteiger partial charge in [0.2, 0.25) is 0 Å². The Balaban J connectivity index is 3.28. The highest BCUT2D eigenvalue weighted by atomic mass is 16.6. The Morgan fingerprint density at radius 3 is 1.92 bits per heavy atom. The van der Waals surface area contributed by atoms with Crippen LogP contribution in [0.2, 0.25) is 0 Å². The maximum atomic E-state index is 12.7. The Bertz CT molecular complexity index is 942. The molecule has 9 nitrogen and oxygen atoms in total. The van der Waals surface area contributed by atoms with E-state index in [1.165, 1.54) is 19.2 Å². The molecule has 0 bridgehead atoms. The molecule has 0 spiro atoms. The fourth-order valence-electron chi connectivity index (χ4n) is 3.23. The van der Waals surface area contributed by atoms with E-state index in [2.05, 4.69) is 0 Å². The van der Waals surface area contributed by atoms with Crippen molar-refractivity contribution in [1.29, 1.82) is 0 Å². The molecule has 2 unspecified atom stereocenters. The summed E-state index contributed by atoms with van der Waals surface area (Å²) in [6.45, 7) is 13.0. The lowest BCUT2D eigenvalue weighted by atomic mass is 9.88. The highest BCUT2D eigenvalue weighted by molar-refractivity contribution is 5.81. The Morgan fingerprint density at radius 1 is 0.892 bits per heavy atom. The van der Waals surface area contributed by atoms with Gasteiger partial charge in [0.15, 0.2) is 11.5 Å². The Hall–Kier alpha value is -2.94. The maximum Gasteiger partial charge on any atom is 0.326 e. The molecular formula is C28H43NO8. The number of esters is 4. The molecule has 1 rings (SSSR count). The molecule has 9 heteroatoms. The molecule has 3 atom stereocenters. The molecule has 37 heavy (non-hydrogen) atoms. The van der Waals surface area contributed by atoms with Gasteiger partial charge in [-0.25, -0.2) is 0 Å². The minimum absolute atomic E-state index is 0.00586. The summed E-state index contributed by atoms with van der Waals surface area (Å²) in [5.74, 6) is -2.49. The number of rotatable bonds is 14. The van der Waals surface area contributed by atoms with E-state index in [4.69, 9.17) is 24.7 Å². The first-order valence-electron chi connectivity index (χ1n) is 12.8. The van der Waals surface area contributed by atoms with Gasteiger partial charge in [-0.2, -0.15) is 0 Å². The van der Waals surface area contributed by atoms with Crippen LogP contribution in [0.3, 0.4) is 0 Å². The van der Waals surface area contributed by atoms with E-state index < -0.39 is 29.4 Å². The standard InChI is InChI=1S/C28H43NO8/c1-9-10-24(30)35-14-13-28(29,27(33)34-8)16-21-11-12-22(36-25(31)19(6)17(2)3)23(15-21)37-26(32)20(7)18(4)5/h11-12,15,17-20H,9-10,13-14,16,29H2,1-8H3/t19?,20?,28-/m1/s1. The summed E-state index contributed by atoms with van der Waals surface area (Å²) < 4.78 is 21.3. The van der Waals surface area contributed by atoms with Crippen molar-refractivity contribution in [3.05, 3.63) is 23.8 Å². The second-order valence-corrected chi connectivity index (χ2v) is 10.2. The minimum Gasteiger partial charge on any atom is -0.468 e. The van der Waals surface area contributed by atoms with Gasteiger partial charge in [0.05, 0.1) is 25.6 Å². The van der Waals surface area contributed by atoms with Crippen LogP contribution in [-0.2, 0) is 35.1 Å². The lowest BCUT2D eigenvalue weighted by Crippen LogP contribution is -2.51. The number of hydrogen-bond acceptors (Lipinski definition) is 9. The normalized spacial score (nSPS) is 14.5. The minimum atomic E-state index is -1.50. The van der Waals surface area contributed by atoms with Crippen LogP contribution < -0.4 is 15.2 Å². The zero-order chi connectivity index (χ0) is 28.3. The third kappa shape index (κ3) is 9.80. The third-order valence-electron chi connectivity index (χ3n) is 6.55. The Morgan fingerprint density at radius 2 is 1.43 bits per heavy atom. The average Bonchev–Trinajstić information content (AvgIpc) is 2.83. The molecule has 0 saturated heterocycles. The molecule has 0 radical (unpaired) electrons. The van der Waals surface area contributed by atoms with E-state index in [1.54, 1.807) is 19.9 Å². The summed E-state index contributed by atoms with van der Waals surface area (Å²) in [5, 5.41) is 0. The number of ether oxygens (including phenoxy) is 4. The van der Waals surface area contributed by atoms with Gasteiger partial charge in [-0.3, -0.25) is 19.2 Å². The van der Waals surface area contributed by atoms with Crippen molar-refractivity contribution in [3.8, 4) is 11.5 Å². The SMILES string of the molecule is CCCC(=O)OCC[C@@](N)(Cc1ccc(OC(=O)C(C)C(C)C)c(OC(=O)C(C)C(C)C)c1)C(=O)OC. The van der Waals surface area contributed by atoms with Crippen LogP contribution in [0, 0.1) is 23.7 Å². The first-order chi connectivity index (χ1) is 17.2. The van der Waals surface area contributed by atoms with Gasteiger partial charge < -0.3 is 24.7 Å². The van der Waals surface area contributed by atoms with Crippen LogP contribution in [0.1, 0.15) is 73.3 Å². The fourth-order valence-corrected chi connectivity index (χ4v) is 3.23. The molecule has 208 valence electrons. The largest absolute Gasteiger partial charge is 0.468 e. The number of benzene rings is 1. The second-order valence-electron chi connectivity index (χ2n) is 10.2. The molecule has 0 fully saturated rings. The topological polar surface area (TPSA) is 131 Å². The van der Waals surface area contributed by atoms with E-state index in [1.807, 2.05) is 34.6 Å². The zero-order valence-electron chi connectivity index (χ0n) is 23.4. The maximum absolute atomic E-state index is 12.7. The quantitative estimate of drug-likeness (QED) is 0.282. The number of carbonyl (C=O) groups excluding carboxylic acids is 4. The van der Waals surface area contributed by atoms with Crippen molar-refractivity contribution < 1.29 is 38.1 Å². The number of carbonyl (C=O) groups is 4. The summed E-state index contributed by atoms with van der Waals surface area (Å²) >= 11 is 0. The zero-order valence-corrected chi connectivity index (χ0v) is 23.4. The van der Waals surface area contributed by atoms with Crippen LogP contribution in [0.15, 0.2) is 18.2 Å². The van der Waals surface area contributed by atoms with Gasteiger partial charge in [-0.1, -0.05) is 54.5 Å². The van der Waals surface area contributed by atoms with Gasteiger partial charge in [0, 0.05) is 19.3 Å². The highest BCUT2D eigenvalue weighted by Gasteiger charge is 2.36. The summed E-state index contributed by atoms with van der Waals surface area (Å²) in [6.07, 6.45) is 0.950. The van der Waals surface area contributed by atoms with Gasteiger partial charge in [0.25, 0.3) is 0 Å². The smallest absolute Gasteiger partial charge is 0.326 e. The van der Waals surface area contributed by atoms with Crippen molar-refractivity contribution in [2.45, 2.75) is 79.7 Å². The van der Waals surface area contributed by atoms with Gasteiger partial charge in [-0.05, 0) is 36.0 Å². The lowest BCUT2D eigenvalue weighted by molar-refractivity contribution is -0.151. The lowest BCUT2D eigenvalue weighted by Gasteiger charge is -2.27. The fraction of sp³-hybridized carbons (Fsp3) is 0.643. The summed E-state index contributed by atoms with van der Waals surface area (Å²) in [5.41, 5.74) is 5.46. The Labute approximate surface area is 220 Å². The highest BCUT2D eigenvalue weighted by Crippen LogP contribution is 2.32. The summed E-state index contributed by atoms with van der Waals surface area (Å²) in [6, 6.07) is 4.68. The van der Waals surface area contributed by atoms with E-state index in [0.29, 0.717) is 12.0 Å². The number of nitrogens with two attached hydrogens (primary N) is 1. The predicted molar refractivity (Wildman–Crippen MR) is 139 cm³/mol. The molecule has 0 heterocycles. The second kappa shape index (κ2) is 14.7. The van der Waals surface area contributed by atoms with E-state index in [-0.39, 0.29) is 61.1 Å². The molecular weight excluding hydrogens is 478 g/mol. The third-order valence-corrected chi connectivity index (χ3v) is 6.55. The number of methoxy groups -OCH3 is 1. The number of hydrogen-bond donors (Lipinski definition) is 1. The average molecular weight is 522 g/mol. The monoisotopic (exact) mass is 521 g/mol. The van der Waals surface area contributed by atoms with Crippen molar-refractivity contribution in [2.75, 3.05) is 13.7 Å². The molecule has 0 aliphatic rings. The van der Waals surface area contributed by atoms with Crippen LogP contribution in [-0.4, -0.2) is 43.1 Å². The van der Waals surface area contributed by atoms with E-state index in [9.17, 15) is 19.2 Å². The molecule has 2 N–H and O–H groups in total. The first kappa shape index (κ1) is 32.1. The predicted octanol–water partition coefficient (Wildman–Crippen LogP) is 4.23. The molecule has 0 aromatic heterocycles. The van der Waals surface area contributed by atoms with Crippen molar-refractivity contribution in [1.82, 2.24) is 0 Å². The summed E-state index contributed by atoms with van der Waals surface area (Å²) in [4.78, 5) is 49.6. The molecule has 0 saturated carbocycles. The summed E-state index contributed by atoms with van der Waals surface area (Å²) in [7, 11) is 1.23. The Kier molecular flexibility index (Phi) is 12.8. The van der Waals surface area contributed by atoms with Crippen LogP contribution >= 0.6 is 0 Å². The van der Waals surface area contributed by atoms with E-state index >= 15 is 0 Å². The molecule has 1 aromatic rings. The molecule has 0 aliphatic heterocycles. The first-order valence-corrected chi connectivity index (χ1v) is 12.8. The van der Waals surface area contributed by atoms with Crippen LogP contribution in [0.25, 0.3) is 0 Å². The molecule has 0 aliphatic carbocycles. The van der Waals surface area contributed by atoms with Gasteiger partial charge in [-0.15, -0.1) is 0 Å². The van der Waals surface area contributed by atoms with Crippen molar-refractivity contribution >= 4 is 23.9 Å². The molecule has 1 aromatic carbocycles. The van der Waals surface area contributed by atoms with E-state index in [0.717, 1.165) is 0 Å². The van der Waals surface area contributed by atoms with Crippen molar-refractivity contribution in [2.24, 2.45) is 29.4 Å². The van der Waals surface area contributed by atoms with Crippen molar-refractivity contribution in [3.63, 3.8) is 0 Å². The van der Waals surface area contributed by atoms with Crippen LogP contribution in [0.4, 0.5) is 0 Å². The molecule has 0 amide bonds. The van der Waals surface area contributed by atoms with Gasteiger partial charge in [0.1, 0.15) is 5.54 Å².